The third-order valence-corrected chi connectivity index (χ3v) is 4.86. The Balaban J connectivity index is 1.53. The molecule has 2 N–H and O–H groups in total. The van der Waals surface area contributed by atoms with Crippen molar-refractivity contribution in [3.63, 3.8) is 0 Å². The summed E-state index contributed by atoms with van der Waals surface area (Å²) in [6.07, 6.45) is 2.20. The van der Waals surface area contributed by atoms with Crippen LogP contribution in [0, 0.1) is 0 Å². The number of rotatable bonds is 7. The maximum Gasteiger partial charge on any atom is 0.191 e. The fourth-order valence-corrected chi connectivity index (χ4v) is 3.20. The van der Waals surface area contributed by atoms with E-state index in [1.807, 2.05) is 42.5 Å². The van der Waals surface area contributed by atoms with Crippen LogP contribution in [0.15, 0.2) is 59.6 Å². The molecule has 1 fully saturated rings. The Labute approximate surface area is 161 Å². The van der Waals surface area contributed by atoms with E-state index in [2.05, 4.69) is 34.7 Å². The summed E-state index contributed by atoms with van der Waals surface area (Å²) in [7, 11) is 1.79. The van der Waals surface area contributed by atoms with Crippen LogP contribution in [0.2, 0.25) is 0 Å². The van der Waals surface area contributed by atoms with Gasteiger partial charge < -0.3 is 20.1 Å². The molecule has 2 aromatic carbocycles. The number of nitrogens with zero attached hydrogens (tertiary/aromatic N) is 1. The van der Waals surface area contributed by atoms with Crippen molar-refractivity contribution >= 4 is 5.96 Å². The van der Waals surface area contributed by atoms with Crippen LogP contribution in [0.5, 0.6) is 5.75 Å². The maximum atomic E-state index is 5.90. The Morgan fingerprint density at radius 2 is 1.81 bits per heavy atom. The summed E-state index contributed by atoms with van der Waals surface area (Å²) in [5.74, 6) is 1.66. The summed E-state index contributed by atoms with van der Waals surface area (Å²) in [6.45, 7) is 4.98. The minimum absolute atomic E-state index is 0.0982. The van der Waals surface area contributed by atoms with E-state index >= 15 is 0 Å². The molecule has 5 nitrogen and oxygen atoms in total. The molecule has 0 spiro atoms. The quantitative estimate of drug-likeness (QED) is 0.581. The maximum absolute atomic E-state index is 5.90. The van der Waals surface area contributed by atoms with Crippen LogP contribution < -0.4 is 15.4 Å². The van der Waals surface area contributed by atoms with Crippen LogP contribution in [0.3, 0.4) is 0 Å². The van der Waals surface area contributed by atoms with Crippen molar-refractivity contribution < 1.29 is 9.47 Å². The first-order valence-electron chi connectivity index (χ1n) is 9.52. The van der Waals surface area contributed by atoms with Gasteiger partial charge in [-0.05, 0) is 43.0 Å². The van der Waals surface area contributed by atoms with Crippen molar-refractivity contribution in [3.05, 3.63) is 65.7 Å². The zero-order valence-electron chi connectivity index (χ0n) is 16.2. The number of hydrogen-bond donors (Lipinski definition) is 2. The fraction of sp³-hybridized carbons (Fsp3) is 0.409. The molecule has 0 amide bonds. The third-order valence-electron chi connectivity index (χ3n) is 4.86. The van der Waals surface area contributed by atoms with Gasteiger partial charge in [0.1, 0.15) is 12.4 Å². The van der Waals surface area contributed by atoms with Crippen LogP contribution in [0.1, 0.15) is 30.9 Å². The van der Waals surface area contributed by atoms with E-state index in [0.717, 1.165) is 43.3 Å². The standard InChI is InChI=1S/C22H29N3O2/c1-22(13-8-14-27-22)17-25-21(23-2)24-15-18-9-6-7-10-19(18)16-26-20-11-4-3-5-12-20/h3-7,9-12H,8,13-17H2,1-2H3,(H2,23,24,25). The Morgan fingerprint density at radius 3 is 2.52 bits per heavy atom. The van der Waals surface area contributed by atoms with Crippen molar-refractivity contribution in [1.82, 2.24) is 10.6 Å². The van der Waals surface area contributed by atoms with Gasteiger partial charge in [-0.2, -0.15) is 0 Å². The summed E-state index contributed by atoms with van der Waals surface area (Å²) in [5.41, 5.74) is 2.26. The lowest BCUT2D eigenvalue weighted by molar-refractivity contribution is 0.0243. The summed E-state index contributed by atoms with van der Waals surface area (Å²) in [4.78, 5) is 4.33. The van der Waals surface area contributed by atoms with Gasteiger partial charge in [0, 0.05) is 26.7 Å². The smallest absolute Gasteiger partial charge is 0.191 e. The lowest BCUT2D eigenvalue weighted by atomic mass is 10.0. The largest absolute Gasteiger partial charge is 0.489 e. The van der Waals surface area contributed by atoms with E-state index in [0.29, 0.717) is 13.2 Å². The summed E-state index contributed by atoms with van der Waals surface area (Å²) in [6, 6.07) is 18.2. The van der Waals surface area contributed by atoms with Crippen LogP contribution in [-0.4, -0.2) is 31.8 Å². The molecule has 27 heavy (non-hydrogen) atoms. The third kappa shape index (κ3) is 5.73. The summed E-state index contributed by atoms with van der Waals surface area (Å²) < 4.78 is 11.7. The second-order valence-corrected chi connectivity index (χ2v) is 7.05. The van der Waals surface area contributed by atoms with Crippen molar-refractivity contribution in [2.45, 2.75) is 38.5 Å². The minimum atomic E-state index is -0.0982. The molecular formula is C22H29N3O2. The zero-order valence-corrected chi connectivity index (χ0v) is 16.2. The topological polar surface area (TPSA) is 54.9 Å². The van der Waals surface area contributed by atoms with Crippen LogP contribution in [0.4, 0.5) is 0 Å². The van der Waals surface area contributed by atoms with Gasteiger partial charge in [0.25, 0.3) is 0 Å². The molecule has 2 aromatic rings. The van der Waals surface area contributed by atoms with Crippen molar-refractivity contribution in [2.24, 2.45) is 4.99 Å². The second kappa shape index (κ2) is 9.42. The fourth-order valence-electron chi connectivity index (χ4n) is 3.20. The lowest BCUT2D eigenvalue weighted by Gasteiger charge is -2.24. The van der Waals surface area contributed by atoms with Gasteiger partial charge in [0.05, 0.1) is 5.60 Å². The number of ether oxygens (including phenoxy) is 2. The van der Waals surface area contributed by atoms with Crippen LogP contribution >= 0.6 is 0 Å². The highest BCUT2D eigenvalue weighted by molar-refractivity contribution is 5.79. The monoisotopic (exact) mass is 367 g/mol. The van der Waals surface area contributed by atoms with E-state index in [1.54, 1.807) is 7.05 Å². The number of guanidine groups is 1. The van der Waals surface area contributed by atoms with Gasteiger partial charge in [0.2, 0.25) is 0 Å². The average molecular weight is 367 g/mol. The van der Waals surface area contributed by atoms with E-state index in [-0.39, 0.29) is 5.60 Å². The molecule has 0 bridgehead atoms. The average Bonchev–Trinajstić information content (AvgIpc) is 3.15. The molecule has 1 heterocycles. The molecule has 0 saturated carbocycles. The number of benzene rings is 2. The number of hydrogen-bond acceptors (Lipinski definition) is 3. The molecule has 1 atom stereocenters. The van der Waals surface area contributed by atoms with Crippen molar-refractivity contribution in [2.75, 3.05) is 20.2 Å². The van der Waals surface area contributed by atoms with Gasteiger partial charge >= 0.3 is 0 Å². The highest BCUT2D eigenvalue weighted by atomic mass is 16.5. The Kier molecular flexibility index (Phi) is 6.71. The van der Waals surface area contributed by atoms with Gasteiger partial charge in [-0.3, -0.25) is 4.99 Å². The molecule has 0 aliphatic carbocycles. The van der Waals surface area contributed by atoms with E-state index in [4.69, 9.17) is 9.47 Å². The first-order valence-corrected chi connectivity index (χ1v) is 9.52. The molecule has 1 saturated heterocycles. The van der Waals surface area contributed by atoms with E-state index in [1.165, 1.54) is 5.56 Å². The van der Waals surface area contributed by atoms with E-state index < -0.39 is 0 Å². The van der Waals surface area contributed by atoms with Gasteiger partial charge in [-0.15, -0.1) is 0 Å². The Bertz CT molecular complexity index is 740. The zero-order chi connectivity index (χ0) is 19.0. The Hall–Kier alpha value is -2.53. The molecule has 5 heteroatoms. The number of aliphatic imine (C=N–C) groups is 1. The molecule has 0 aromatic heterocycles. The molecule has 1 aliphatic rings. The summed E-state index contributed by atoms with van der Waals surface area (Å²) >= 11 is 0. The second-order valence-electron chi connectivity index (χ2n) is 7.05. The number of para-hydroxylation sites is 1. The van der Waals surface area contributed by atoms with Crippen molar-refractivity contribution in [3.8, 4) is 5.75 Å². The molecule has 1 aliphatic heterocycles. The van der Waals surface area contributed by atoms with Crippen LogP contribution in [0.25, 0.3) is 0 Å². The highest BCUT2D eigenvalue weighted by Gasteiger charge is 2.29. The Morgan fingerprint density at radius 1 is 1.07 bits per heavy atom. The summed E-state index contributed by atoms with van der Waals surface area (Å²) in [5, 5.41) is 6.78. The SMILES string of the molecule is CN=C(NCc1ccccc1COc1ccccc1)NCC1(C)CCCO1. The minimum Gasteiger partial charge on any atom is -0.489 e. The molecule has 3 rings (SSSR count). The van der Waals surface area contributed by atoms with Crippen molar-refractivity contribution in [1.29, 1.82) is 0 Å². The predicted octanol–water partition coefficient (Wildman–Crippen LogP) is 3.50. The van der Waals surface area contributed by atoms with Gasteiger partial charge in [-0.1, -0.05) is 42.5 Å². The normalized spacial score (nSPS) is 19.7. The molecule has 1 unspecified atom stereocenters. The van der Waals surface area contributed by atoms with Gasteiger partial charge in [-0.25, -0.2) is 0 Å². The predicted molar refractivity (Wildman–Crippen MR) is 109 cm³/mol. The first-order chi connectivity index (χ1) is 13.2. The number of nitrogens with one attached hydrogen (secondary N) is 2. The lowest BCUT2D eigenvalue weighted by Crippen LogP contribution is -2.45. The molecule has 144 valence electrons. The van der Waals surface area contributed by atoms with Crippen LogP contribution in [-0.2, 0) is 17.9 Å². The highest BCUT2D eigenvalue weighted by Crippen LogP contribution is 2.23. The molecule has 0 radical (unpaired) electrons. The van der Waals surface area contributed by atoms with Gasteiger partial charge in [0.15, 0.2) is 5.96 Å². The van der Waals surface area contributed by atoms with E-state index in [9.17, 15) is 0 Å². The first kappa shape index (κ1) is 19.2. The molecular weight excluding hydrogens is 338 g/mol.